The second-order valence-electron chi connectivity index (χ2n) is 6.15. The maximum atomic E-state index is 11.6. The Morgan fingerprint density at radius 1 is 1.17 bits per heavy atom. The van der Waals surface area contributed by atoms with Crippen molar-refractivity contribution < 1.29 is 14.7 Å². The van der Waals surface area contributed by atoms with Crippen LogP contribution in [0, 0.1) is 5.92 Å². The molecule has 0 bridgehead atoms. The molecule has 0 aromatic rings. The van der Waals surface area contributed by atoms with Crippen molar-refractivity contribution in [3.63, 3.8) is 0 Å². The van der Waals surface area contributed by atoms with E-state index >= 15 is 0 Å². The number of hydrogen-bond donors (Lipinski definition) is 1. The highest BCUT2D eigenvalue weighted by Gasteiger charge is 2.36. The van der Waals surface area contributed by atoms with Gasteiger partial charge < -0.3 is 10.0 Å². The molecule has 1 aliphatic carbocycles. The fourth-order valence-electron chi connectivity index (χ4n) is 2.94. The van der Waals surface area contributed by atoms with Gasteiger partial charge in [-0.1, -0.05) is 6.92 Å². The van der Waals surface area contributed by atoms with Crippen molar-refractivity contribution in [3.05, 3.63) is 0 Å². The number of rotatable bonds is 3. The normalized spacial score (nSPS) is 24.7. The molecule has 1 rings (SSSR count). The first-order valence-corrected chi connectivity index (χ1v) is 6.82. The van der Waals surface area contributed by atoms with Gasteiger partial charge in [-0.2, -0.15) is 0 Å². The molecular formula is C14H25NO3. The third-order valence-electron chi connectivity index (χ3n) is 3.79. The summed E-state index contributed by atoms with van der Waals surface area (Å²) >= 11 is 0. The molecule has 4 nitrogen and oxygen atoms in total. The van der Waals surface area contributed by atoms with Crippen molar-refractivity contribution in [3.8, 4) is 0 Å². The SMILES string of the molecule is CCC(=O)C1CCC(N(C(=O)O)C(C)(C)C)CC1. The van der Waals surface area contributed by atoms with Crippen LogP contribution in [0.4, 0.5) is 4.79 Å². The number of carbonyl (C=O) groups is 2. The molecule has 0 radical (unpaired) electrons. The van der Waals surface area contributed by atoms with Gasteiger partial charge in [-0.15, -0.1) is 0 Å². The zero-order chi connectivity index (χ0) is 13.9. The van der Waals surface area contributed by atoms with Gasteiger partial charge in [-0.05, 0) is 46.5 Å². The highest BCUT2D eigenvalue weighted by atomic mass is 16.4. The lowest BCUT2D eigenvalue weighted by molar-refractivity contribution is -0.123. The van der Waals surface area contributed by atoms with E-state index in [0.717, 1.165) is 25.7 Å². The first-order chi connectivity index (χ1) is 8.27. The average molecular weight is 255 g/mol. The van der Waals surface area contributed by atoms with E-state index in [1.54, 1.807) is 4.90 Å². The summed E-state index contributed by atoms with van der Waals surface area (Å²) in [7, 11) is 0. The molecule has 0 spiro atoms. The van der Waals surface area contributed by atoms with Crippen molar-refractivity contribution in [2.24, 2.45) is 5.92 Å². The summed E-state index contributed by atoms with van der Waals surface area (Å²) in [5, 5.41) is 9.34. The largest absolute Gasteiger partial charge is 0.465 e. The molecule has 0 heterocycles. The highest BCUT2D eigenvalue weighted by molar-refractivity contribution is 5.80. The molecule has 0 aromatic carbocycles. The molecule has 1 aliphatic rings. The standard InChI is InChI=1S/C14H25NO3/c1-5-12(16)10-6-8-11(9-7-10)15(13(17)18)14(2,3)4/h10-11H,5-9H2,1-4H3,(H,17,18). The smallest absolute Gasteiger partial charge is 0.407 e. The molecule has 0 aliphatic heterocycles. The predicted octanol–water partition coefficient (Wildman–Crippen LogP) is 3.30. The molecule has 0 atom stereocenters. The lowest BCUT2D eigenvalue weighted by atomic mass is 9.81. The number of amides is 1. The van der Waals surface area contributed by atoms with Gasteiger partial charge in [-0.3, -0.25) is 4.79 Å². The first-order valence-electron chi connectivity index (χ1n) is 6.82. The number of carboxylic acid groups (broad SMARTS) is 1. The van der Waals surface area contributed by atoms with Crippen LogP contribution in [0.25, 0.3) is 0 Å². The molecule has 0 aromatic heterocycles. The van der Waals surface area contributed by atoms with E-state index in [9.17, 15) is 14.7 Å². The van der Waals surface area contributed by atoms with Gasteiger partial charge in [0, 0.05) is 23.9 Å². The van der Waals surface area contributed by atoms with Crippen LogP contribution in [-0.2, 0) is 4.79 Å². The molecule has 0 unspecified atom stereocenters. The lowest BCUT2D eigenvalue weighted by Gasteiger charge is -2.42. The van der Waals surface area contributed by atoms with Crippen LogP contribution in [0.15, 0.2) is 0 Å². The van der Waals surface area contributed by atoms with Crippen LogP contribution < -0.4 is 0 Å². The number of Topliss-reactive ketones (excluding diaryl/α,β-unsaturated/α-hetero) is 1. The van der Waals surface area contributed by atoms with Crippen LogP contribution in [-0.4, -0.2) is 33.5 Å². The minimum absolute atomic E-state index is 0.0587. The summed E-state index contributed by atoms with van der Waals surface area (Å²) in [6.45, 7) is 7.66. The monoisotopic (exact) mass is 255 g/mol. The Morgan fingerprint density at radius 2 is 1.67 bits per heavy atom. The van der Waals surface area contributed by atoms with E-state index in [1.807, 2.05) is 27.7 Å². The molecule has 1 saturated carbocycles. The van der Waals surface area contributed by atoms with E-state index in [-0.39, 0.29) is 17.5 Å². The molecule has 0 saturated heterocycles. The Labute approximate surface area is 109 Å². The van der Waals surface area contributed by atoms with E-state index in [2.05, 4.69) is 0 Å². The van der Waals surface area contributed by atoms with Gasteiger partial charge in [0.15, 0.2) is 0 Å². The Morgan fingerprint density at radius 3 is 2.00 bits per heavy atom. The second kappa shape index (κ2) is 5.72. The third-order valence-corrected chi connectivity index (χ3v) is 3.79. The molecular weight excluding hydrogens is 230 g/mol. The van der Waals surface area contributed by atoms with Gasteiger partial charge in [-0.25, -0.2) is 4.79 Å². The second-order valence-corrected chi connectivity index (χ2v) is 6.15. The van der Waals surface area contributed by atoms with E-state index in [4.69, 9.17) is 0 Å². The van der Waals surface area contributed by atoms with Gasteiger partial charge in [0.05, 0.1) is 0 Å². The van der Waals surface area contributed by atoms with Crippen LogP contribution in [0.3, 0.4) is 0 Å². The van der Waals surface area contributed by atoms with Gasteiger partial charge >= 0.3 is 6.09 Å². The summed E-state index contributed by atoms with van der Waals surface area (Å²) in [5.74, 6) is 0.480. The molecule has 4 heteroatoms. The summed E-state index contributed by atoms with van der Waals surface area (Å²) in [4.78, 5) is 24.6. The number of nitrogens with zero attached hydrogens (tertiary/aromatic N) is 1. The predicted molar refractivity (Wildman–Crippen MR) is 70.7 cm³/mol. The van der Waals surface area contributed by atoms with Crippen LogP contribution in [0.2, 0.25) is 0 Å². The highest BCUT2D eigenvalue weighted by Crippen LogP contribution is 2.32. The minimum atomic E-state index is -0.854. The quantitative estimate of drug-likeness (QED) is 0.841. The van der Waals surface area contributed by atoms with Crippen molar-refractivity contribution in [2.75, 3.05) is 0 Å². The topological polar surface area (TPSA) is 57.6 Å². The Kier molecular flexibility index (Phi) is 4.77. The van der Waals surface area contributed by atoms with Crippen molar-refractivity contribution in [2.45, 2.75) is 71.4 Å². The fraction of sp³-hybridized carbons (Fsp3) is 0.857. The minimum Gasteiger partial charge on any atom is -0.465 e. The molecule has 104 valence electrons. The zero-order valence-corrected chi connectivity index (χ0v) is 11.9. The maximum absolute atomic E-state index is 11.6. The van der Waals surface area contributed by atoms with E-state index < -0.39 is 6.09 Å². The van der Waals surface area contributed by atoms with Crippen LogP contribution in [0.5, 0.6) is 0 Å². The number of ketones is 1. The maximum Gasteiger partial charge on any atom is 0.407 e. The summed E-state index contributed by atoms with van der Waals surface area (Å²) in [6.07, 6.45) is 3.01. The van der Waals surface area contributed by atoms with Crippen molar-refractivity contribution in [1.29, 1.82) is 0 Å². The van der Waals surface area contributed by atoms with Crippen molar-refractivity contribution in [1.82, 2.24) is 4.90 Å². The van der Waals surface area contributed by atoms with Crippen molar-refractivity contribution >= 4 is 11.9 Å². The van der Waals surface area contributed by atoms with E-state index in [0.29, 0.717) is 12.2 Å². The Hall–Kier alpha value is -1.06. The third kappa shape index (κ3) is 3.47. The zero-order valence-electron chi connectivity index (χ0n) is 11.9. The molecule has 18 heavy (non-hydrogen) atoms. The first kappa shape index (κ1) is 15.0. The van der Waals surface area contributed by atoms with Crippen LogP contribution >= 0.6 is 0 Å². The summed E-state index contributed by atoms with van der Waals surface area (Å²) in [6, 6.07) is 0.0587. The summed E-state index contributed by atoms with van der Waals surface area (Å²) < 4.78 is 0. The molecule has 1 fully saturated rings. The van der Waals surface area contributed by atoms with Gasteiger partial charge in [0.25, 0.3) is 0 Å². The number of hydrogen-bond acceptors (Lipinski definition) is 2. The van der Waals surface area contributed by atoms with Gasteiger partial charge in [0.2, 0.25) is 0 Å². The number of carbonyl (C=O) groups excluding carboxylic acids is 1. The Balaban J connectivity index is 2.66. The van der Waals surface area contributed by atoms with Gasteiger partial charge in [0.1, 0.15) is 5.78 Å². The Bertz CT molecular complexity index is 311. The van der Waals surface area contributed by atoms with Crippen LogP contribution in [0.1, 0.15) is 59.8 Å². The molecule has 1 N–H and O–H groups in total. The fourth-order valence-corrected chi connectivity index (χ4v) is 2.94. The van der Waals surface area contributed by atoms with E-state index in [1.165, 1.54) is 0 Å². The lowest BCUT2D eigenvalue weighted by Crippen LogP contribution is -2.52. The molecule has 1 amide bonds. The summed E-state index contributed by atoms with van der Waals surface area (Å²) in [5.41, 5.74) is -0.377. The average Bonchev–Trinajstić information content (AvgIpc) is 2.26.